The molecule has 1 aliphatic carbocycles. The molecule has 2 aliphatic rings. The Kier molecular flexibility index (Phi) is 9.35. The summed E-state index contributed by atoms with van der Waals surface area (Å²) in [6.45, 7) is 3.51. The van der Waals surface area contributed by atoms with Crippen LogP contribution in [0.2, 0.25) is 0 Å². The molecule has 43 heavy (non-hydrogen) atoms. The van der Waals surface area contributed by atoms with E-state index in [9.17, 15) is 14.4 Å². The third kappa shape index (κ3) is 7.93. The molecule has 1 saturated heterocycles. The van der Waals surface area contributed by atoms with Crippen LogP contribution in [0.3, 0.4) is 0 Å². The predicted octanol–water partition coefficient (Wildman–Crippen LogP) is 1.37. The number of benzene rings is 1. The third-order valence-electron chi connectivity index (χ3n) is 6.90. The van der Waals surface area contributed by atoms with E-state index in [1.54, 1.807) is 12.1 Å². The first-order valence-electron chi connectivity index (χ1n) is 13.9. The van der Waals surface area contributed by atoms with Gasteiger partial charge >= 0.3 is 0 Å². The molecule has 12 nitrogen and oxygen atoms in total. The number of para-hydroxylation sites is 1. The summed E-state index contributed by atoms with van der Waals surface area (Å²) in [5.74, 6) is -0.687. The van der Waals surface area contributed by atoms with Gasteiger partial charge in [0.25, 0.3) is 11.8 Å². The Morgan fingerprint density at radius 1 is 1.09 bits per heavy atom. The van der Waals surface area contributed by atoms with Crippen molar-refractivity contribution in [1.82, 2.24) is 30.7 Å². The molecule has 216 valence electrons. The second-order valence-electron chi connectivity index (χ2n) is 10.5. The van der Waals surface area contributed by atoms with E-state index in [-0.39, 0.29) is 34.9 Å². The highest BCUT2D eigenvalue weighted by molar-refractivity contribution is 7.17. The molecule has 5 rings (SSSR count). The first-order valence-corrected chi connectivity index (χ1v) is 14.7. The van der Waals surface area contributed by atoms with E-state index < -0.39 is 11.1 Å². The van der Waals surface area contributed by atoms with E-state index in [1.807, 2.05) is 6.07 Å². The average Bonchev–Trinajstić information content (AvgIpc) is 3.46. The first kappa shape index (κ1) is 30.5. The summed E-state index contributed by atoms with van der Waals surface area (Å²) in [5, 5.41) is 17.6. The predicted molar refractivity (Wildman–Crippen MR) is 166 cm³/mol. The number of likely N-dealkylation sites (tertiary alicyclic amines) is 1. The van der Waals surface area contributed by atoms with Crippen molar-refractivity contribution in [2.24, 2.45) is 5.92 Å². The third-order valence-corrected chi connectivity index (χ3v) is 7.93. The maximum absolute atomic E-state index is 12.9. The van der Waals surface area contributed by atoms with Gasteiger partial charge < -0.3 is 30.9 Å². The number of ether oxygens (including phenoxy) is 1. The van der Waals surface area contributed by atoms with Crippen LogP contribution >= 0.6 is 11.3 Å². The molecule has 0 unspecified atom stereocenters. The fourth-order valence-electron chi connectivity index (χ4n) is 4.64. The van der Waals surface area contributed by atoms with Crippen LogP contribution in [0, 0.1) is 5.92 Å². The molecule has 1 saturated carbocycles. The van der Waals surface area contributed by atoms with Gasteiger partial charge in [-0.2, -0.15) is 0 Å². The monoisotopic (exact) mass is 594 g/mol. The highest BCUT2D eigenvalue weighted by atomic mass is 32.1. The van der Waals surface area contributed by atoms with E-state index in [4.69, 9.17) is 28.3 Å². The number of carbonyl (C=O) groups is 3. The number of hydrogen-bond donors (Lipinski definition) is 4. The lowest BCUT2D eigenvalue weighted by molar-refractivity contribution is -0.117. The molecule has 2 aromatic heterocycles. The smallest absolute Gasteiger partial charge is 0.272 e. The average molecular weight is 594 g/mol. The Morgan fingerprint density at radius 2 is 1.86 bits per heavy atom. The van der Waals surface area contributed by atoms with Crippen LogP contribution < -0.4 is 26.0 Å². The number of nitrogens with zero attached hydrogens (tertiary/aromatic N) is 4. The molecule has 2 fully saturated rings. The summed E-state index contributed by atoms with van der Waals surface area (Å²) in [6.07, 6.45) is 5.54. The highest BCUT2D eigenvalue weighted by Crippen LogP contribution is 2.40. The zero-order valence-corrected chi connectivity index (χ0v) is 24.5. The molecule has 1 aliphatic heterocycles. The van der Waals surface area contributed by atoms with Crippen LogP contribution in [0.15, 0.2) is 30.5 Å². The normalized spacial score (nSPS) is 15.1. The minimum atomic E-state index is -2.00. The molecule has 6 radical (unpaired) electrons. The largest absolute Gasteiger partial charge is 0.494 e. The number of amides is 3. The maximum atomic E-state index is 12.9. The number of hydrogen-bond acceptors (Lipinski definition) is 10. The topological polar surface area (TPSA) is 150 Å². The van der Waals surface area contributed by atoms with Crippen LogP contribution in [0.4, 0.5) is 17.2 Å². The van der Waals surface area contributed by atoms with Crippen LogP contribution in [0.25, 0.3) is 10.6 Å². The lowest BCUT2D eigenvalue weighted by Gasteiger charge is -2.23. The molecular formula is C27H29B3N8O4S. The quantitative estimate of drug-likeness (QED) is 0.228. The van der Waals surface area contributed by atoms with Gasteiger partial charge in [-0.25, -0.2) is 4.98 Å². The van der Waals surface area contributed by atoms with Gasteiger partial charge in [0, 0.05) is 25.1 Å². The van der Waals surface area contributed by atoms with Crippen molar-refractivity contribution in [2.75, 3.05) is 43.9 Å². The second kappa shape index (κ2) is 13.2. The molecule has 0 spiro atoms. The lowest BCUT2D eigenvalue weighted by Crippen LogP contribution is -2.50. The van der Waals surface area contributed by atoms with Gasteiger partial charge in [-0.3, -0.25) is 14.4 Å². The molecule has 0 bridgehead atoms. The molecule has 3 amide bonds. The summed E-state index contributed by atoms with van der Waals surface area (Å²) < 4.78 is 5.74. The summed E-state index contributed by atoms with van der Waals surface area (Å²) >= 11 is 1.23. The van der Waals surface area contributed by atoms with Crippen LogP contribution in [-0.2, 0) is 4.79 Å². The van der Waals surface area contributed by atoms with Crippen LogP contribution in [0.5, 0.6) is 5.75 Å². The fourth-order valence-corrected chi connectivity index (χ4v) is 5.49. The molecule has 3 aromatic rings. The zero-order valence-electron chi connectivity index (χ0n) is 23.7. The number of aromatic nitrogens is 3. The number of rotatable bonds is 12. The van der Waals surface area contributed by atoms with Crippen molar-refractivity contribution in [1.29, 1.82) is 0 Å². The minimum Gasteiger partial charge on any atom is -0.494 e. The van der Waals surface area contributed by atoms with E-state index in [1.165, 1.54) is 43.6 Å². The Hall–Kier alpha value is -3.91. The van der Waals surface area contributed by atoms with Gasteiger partial charge in [0.1, 0.15) is 9.88 Å². The van der Waals surface area contributed by atoms with Crippen molar-refractivity contribution < 1.29 is 19.1 Å². The van der Waals surface area contributed by atoms with Gasteiger partial charge in [-0.1, -0.05) is 11.3 Å². The van der Waals surface area contributed by atoms with Gasteiger partial charge in [0.2, 0.25) is 5.91 Å². The SMILES string of the molecule is [B]C([B])([B])NC(=O)c1nnc(NC(=O)C2CC2)cc1Nc1cccc(-c2ncc(C(=O)NCCN3CCCC3)s2)c1OC. The standard InChI is InChI=1S/C27H29B3N8O4S/c1-42-22-16(26-32-14-19(43-26)24(40)31-9-12-38-10-2-3-11-38)5-4-6-17(22)33-18-13-20(34-23(39)15-7-8-15)36-37-21(18)25(41)35-27(28,29)30/h4-6,13-15H,2-3,7-12H2,1H3,(H,31,40)(H,35,41)(H2,33,34,36,39). The number of nitrogens with one attached hydrogen (secondary N) is 4. The van der Waals surface area contributed by atoms with E-state index in [0.29, 0.717) is 33.4 Å². The highest BCUT2D eigenvalue weighted by Gasteiger charge is 2.30. The zero-order chi connectivity index (χ0) is 30.6. The summed E-state index contributed by atoms with van der Waals surface area (Å²) in [6, 6.07) is 6.77. The Balaban J connectivity index is 1.38. The van der Waals surface area contributed by atoms with E-state index >= 15 is 0 Å². The van der Waals surface area contributed by atoms with Crippen molar-refractivity contribution >= 4 is 69.8 Å². The maximum Gasteiger partial charge on any atom is 0.272 e. The Bertz CT molecular complexity index is 1510. The summed E-state index contributed by atoms with van der Waals surface area (Å²) in [5.41, 5.74) is 1.07. The molecule has 4 N–H and O–H groups in total. The lowest BCUT2D eigenvalue weighted by atomic mass is 9.49. The molecule has 0 atom stereocenters. The van der Waals surface area contributed by atoms with Crippen molar-refractivity contribution in [3.63, 3.8) is 0 Å². The van der Waals surface area contributed by atoms with Gasteiger partial charge in [-0.05, 0) is 50.9 Å². The number of anilines is 3. The number of carbonyl (C=O) groups excluding carboxylic acids is 3. The number of methoxy groups -OCH3 is 1. The minimum absolute atomic E-state index is 0.0689. The van der Waals surface area contributed by atoms with E-state index in [0.717, 1.165) is 32.5 Å². The van der Waals surface area contributed by atoms with Crippen molar-refractivity contribution in [2.45, 2.75) is 30.9 Å². The van der Waals surface area contributed by atoms with Gasteiger partial charge in [0.05, 0.1) is 53.8 Å². The second-order valence-corrected chi connectivity index (χ2v) is 11.5. The Morgan fingerprint density at radius 3 is 2.56 bits per heavy atom. The summed E-state index contributed by atoms with van der Waals surface area (Å²) in [7, 11) is 18.2. The molecule has 16 heteroatoms. The van der Waals surface area contributed by atoms with Crippen molar-refractivity contribution in [3.05, 3.63) is 41.0 Å². The Labute approximate surface area is 257 Å². The molecule has 1 aromatic carbocycles. The number of thiazole rings is 1. The molecule has 3 heterocycles. The van der Waals surface area contributed by atoms with Crippen LogP contribution in [0.1, 0.15) is 45.8 Å². The first-order chi connectivity index (χ1) is 20.6. The molecular weight excluding hydrogens is 565 g/mol. The van der Waals surface area contributed by atoms with E-state index in [2.05, 4.69) is 41.3 Å². The van der Waals surface area contributed by atoms with Gasteiger partial charge in [0.15, 0.2) is 17.3 Å². The summed E-state index contributed by atoms with van der Waals surface area (Å²) in [4.78, 5) is 45.3. The van der Waals surface area contributed by atoms with Crippen molar-refractivity contribution in [3.8, 4) is 16.3 Å². The van der Waals surface area contributed by atoms with Crippen LogP contribution in [-0.4, -0.2) is 99.9 Å². The fraction of sp³-hybridized carbons (Fsp3) is 0.407. The van der Waals surface area contributed by atoms with Gasteiger partial charge in [-0.15, -0.1) is 21.5 Å².